The van der Waals surface area contributed by atoms with Gasteiger partial charge in [0.05, 0.1) is 0 Å². The fourth-order valence-corrected chi connectivity index (χ4v) is 8.18. The van der Waals surface area contributed by atoms with Crippen molar-refractivity contribution in [2.75, 3.05) is 4.90 Å². The molecule has 1 aliphatic rings. The number of hydrogen-bond acceptors (Lipinski definition) is 1. The third kappa shape index (κ3) is 4.54. The van der Waals surface area contributed by atoms with Crippen molar-refractivity contribution in [1.82, 2.24) is 0 Å². The molecule has 0 unspecified atom stereocenters. The molecule has 0 N–H and O–H groups in total. The number of fused-ring (bicyclic) bond motifs is 6. The summed E-state index contributed by atoms with van der Waals surface area (Å²) >= 11 is 0. The summed E-state index contributed by atoms with van der Waals surface area (Å²) < 4.78 is 0. The quantitative estimate of drug-likeness (QED) is 0.177. The highest BCUT2D eigenvalue weighted by atomic mass is 15.1. The molecule has 9 aromatic carbocycles. The Kier molecular flexibility index (Phi) is 6.38. The van der Waals surface area contributed by atoms with Gasteiger partial charge >= 0.3 is 0 Å². The molecule has 0 radical (unpaired) electrons. The maximum Gasteiger partial charge on any atom is 0.0493 e. The zero-order valence-corrected chi connectivity index (χ0v) is 27.1. The van der Waals surface area contributed by atoms with Gasteiger partial charge in [-0.05, 0) is 126 Å². The number of para-hydroxylation sites is 2. The van der Waals surface area contributed by atoms with Crippen LogP contribution in [0.25, 0.3) is 65.3 Å². The summed E-state index contributed by atoms with van der Waals surface area (Å²) in [7, 11) is 0. The molecule has 49 heavy (non-hydrogen) atoms. The summed E-state index contributed by atoms with van der Waals surface area (Å²) in [5.74, 6) is 0. The molecule has 1 aliphatic heterocycles. The van der Waals surface area contributed by atoms with Gasteiger partial charge in [0.25, 0.3) is 0 Å². The molecular weight excluding hydrogens is 591 g/mol. The number of hydrogen-bond donors (Lipinski definition) is 0. The zero-order chi connectivity index (χ0) is 32.3. The van der Waals surface area contributed by atoms with E-state index in [-0.39, 0.29) is 0 Å². The number of benzene rings is 9. The van der Waals surface area contributed by atoms with Gasteiger partial charge in [0.15, 0.2) is 0 Å². The molecule has 1 heterocycles. The van der Waals surface area contributed by atoms with Crippen molar-refractivity contribution < 1.29 is 0 Å². The summed E-state index contributed by atoms with van der Waals surface area (Å²) in [6.07, 6.45) is 2.05. The van der Waals surface area contributed by atoms with Crippen LogP contribution < -0.4 is 4.90 Å². The van der Waals surface area contributed by atoms with Crippen LogP contribution in [-0.2, 0) is 12.8 Å². The van der Waals surface area contributed by atoms with E-state index in [4.69, 9.17) is 0 Å². The molecule has 230 valence electrons. The van der Waals surface area contributed by atoms with E-state index in [0.29, 0.717) is 0 Å². The van der Waals surface area contributed by atoms with E-state index in [2.05, 4.69) is 181 Å². The van der Waals surface area contributed by atoms with Gasteiger partial charge in [-0.1, -0.05) is 140 Å². The van der Waals surface area contributed by atoms with Crippen molar-refractivity contribution in [2.24, 2.45) is 0 Å². The van der Waals surface area contributed by atoms with Crippen LogP contribution in [0.1, 0.15) is 11.1 Å². The van der Waals surface area contributed by atoms with Gasteiger partial charge in [-0.3, -0.25) is 0 Å². The average molecular weight is 624 g/mol. The van der Waals surface area contributed by atoms with Gasteiger partial charge in [-0.2, -0.15) is 0 Å². The molecular formula is C48H33N. The van der Waals surface area contributed by atoms with E-state index in [1.807, 2.05) is 0 Å². The highest BCUT2D eigenvalue weighted by molar-refractivity contribution is 6.22. The van der Waals surface area contributed by atoms with Gasteiger partial charge in [-0.25, -0.2) is 0 Å². The average Bonchev–Trinajstić information content (AvgIpc) is 3.33. The van der Waals surface area contributed by atoms with E-state index in [1.165, 1.54) is 93.5 Å². The molecule has 0 aliphatic carbocycles. The van der Waals surface area contributed by atoms with Crippen molar-refractivity contribution >= 4 is 60.2 Å². The summed E-state index contributed by atoms with van der Waals surface area (Å²) in [5.41, 5.74) is 11.5. The number of rotatable bonds is 3. The van der Waals surface area contributed by atoms with Crippen molar-refractivity contribution in [3.05, 3.63) is 187 Å². The molecule has 0 fully saturated rings. The first-order valence-electron chi connectivity index (χ1n) is 17.2. The second-order valence-corrected chi connectivity index (χ2v) is 13.2. The zero-order valence-electron chi connectivity index (χ0n) is 27.1. The Hall–Kier alpha value is -6.18. The van der Waals surface area contributed by atoms with Crippen LogP contribution in [0, 0.1) is 0 Å². The Balaban J connectivity index is 1.32. The van der Waals surface area contributed by atoms with Gasteiger partial charge < -0.3 is 4.90 Å². The third-order valence-electron chi connectivity index (χ3n) is 10.5. The Morgan fingerprint density at radius 1 is 0.327 bits per heavy atom. The van der Waals surface area contributed by atoms with Gasteiger partial charge in [0.2, 0.25) is 0 Å². The minimum absolute atomic E-state index is 1.02. The van der Waals surface area contributed by atoms with Crippen LogP contribution in [0.3, 0.4) is 0 Å². The van der Waals surface area contributed by atoms with Crippen LogP contribution in [0.15, 0.2) is 176 Å². The second kappa shape index (κ2) is 11.2. The highest BCUT2D eigenvalue weighted by Gasteiger charge is 2.24. The number of aryl methyl sites for hydroxylation is 2. The summed E-state index contributed by atoms with van der Waals surface area (Å²) in [6, 6.07) is 65.2. The summed E-state index contributed by atoms with van der Waals surface area (Å²) in [5, 5.41) is 10.1. The largest absolute Gasteiger partial charge is 0.310 e. The molecule has 0 atom stereocenters. The Morgan fingerprint density at radius 3 is 1.35 bits per heavy atom. The molecule has 0 spiro atoms. The van der Waals surface area contributed by atoms with E-state index in [1.54, 1.807) is 0 Å². The minimum Gasteiger partial charge on any atom is -0.310 e. The number of anilines is 3. The first-order valence-corrected chi connectivity index (χ1v) is 17.2. The maximum absolute atomic E-state index is 2.49. The molecule has 0 aromatic heterocycles. The summed E-state index contributed by atoms with van der Waals surface area (Å²) in [6.45, 7) is 0. The molecule has 9 aromatic rings. The van der Waals surface area contributed by atoms with Crippen LogP contribution in [-0.4, -0.2) is 0 Å². The molecule has 1 heteroatoms. The fourth-order valence-electron chi connectivity index (χ4n) is 8.18. The van der Waals surface area contributed by atoms with Crippen molar-refractivity contribution in [1.29, 1.82) is 0 Å². The molecule has 0 bridgehead atoms. The van der Waals surface area contributed by atoms with Crippen LogP contribution in [0.5, 0.6) is 0 Å². The highest BCUT2D eigenvalue weighted by Crippen LogP contribution is 2.48. The lowest BCUT2D eigenvalue weighted by molar-refractivity contribution is 0.977. The summed E-state index contributed by atoms with van der Waals surface area (Å²) in [4.78, 5) is 2.49. The third-order valence-corrected chi connectivity index (χ3v) is 10.5. The molecule has 0 amide bonds. The Labute approximate surface area is 286 Å². The van der Waals surface area contributed by atoms with E-state index in [0.717, 1.165) is 12.8 Å². The van der Waals surface area contributed by atoms with Gasteiger partial charge in [-0.15, -0.1) is 0 Å². The predicted octanol–water partition coefficient (Wildman–Crippen LogP) is 13.2. The predicted molar refractivity (Wildman–Crippen MR) is 209 cm³/mol. The van der Waals surface area contributed by atoms with Crippen LogP contribution >= 0.6 is 0 Å². The molecule has 0 saturated carbocycles. The topological polar surface area (TPSA) is 3.24 Å². The fraction of sp³-hybridized carbons (Fsp3) is 0.0417. The first-order chi connectivity index (χ1) is 24.3. The second-order valence-electron chi connectivity index (χ2n) is 13.2. The van der Waals surface area contributed by atoms with Gasteiger partial charge in [0, 0.05) is 17.1 Å². The van der Waals surface area contributed by atoms with Crippen molar-refractivity contribution in [3.8, 4) is 22.3 Å². The lowest BCUT2D eigenvalue weighted by Gasteiger charge is -2.28. The van der Waals surface area contributed by atoms with E-state index in [9.17, 15) is 0 Å². The minimum atomic E-state index is 1.02. The van der Waals surface area contributed by atoms with Crippen molar-refractivity contribution in [2.45, 2.75) is 12.8 Å². The lowest BCUT2D eigenvalue weighted by Crippen LogP contribution is -2.11. The molecule has 0 saturated heterocycles. The molecule has 10 rings (SSSR count). The maximum atomic E-state index is 2.49. The Morgan fingerprint density at radius 2 is 0.776 bits per heavy atom. The van der Waals surface area contributed by atoms with Crippen LogP contribution in [0.4, 0.5) is 17.1 Å². The number of nitrogens with zero attached hydrogens (tertiary/aromatic N) is 1. The standard InChI is InChI=1S/C48H33N/c1-3-15-36-29-38(25-21-32(36)11-1)47-41-17-7-8-18-42(41)48(39-26-22-33-12-2-4-16-37(33)30-39)44-31-40(27-28-43(44)47)49-45-19-9-5-13-34(45)23-24-35-14-6-10-20-46(35)49/h1-22,25-31H,23-24H2. The SMILES string of the molecule is c1ccc2c(c1)CCc1ccccc1N2c1ccc2c(-c3ccc4ccccc4c3)c3ccccc3c(-c3ccc4ccccc4c3)c2c1. The Bertz CT molecular complexity index is 2690. The van der Waals surface area contributed by atoms with E-state index >= 15 is 0 Å². The van der Waals surface area contributed by atoms with Crippen molar-refractivity contribution in [3.63, 3.8) is 0 Å². The molecule has 1 nitrogen and oxygen atoms in total. The smallest absolute Gasteiger partial charge is 0.0493 e. The monoisotopic (exact) mass is 623 g/mol. The van der Waals surface area contributed by atoms with E-state index < -0.39 is 0 Å². The first kappa shape index (κ1) is 27.9. The van der Waals surface area contributed by atoms with Crippen LogP contribution in [0.2, 0.25) is 0 Å². The lowest BCUT2D eigenvalue weighted by atomic mass is 9.85. The normalized spacial score (nSPS) is 12.7. The van der Waals surface area contributed by atoms with Gasteiger partial charge in [0.1, 0.15) is 0 Å².